The molecule has 2 fully saturated rings. The molecule has 2 atom stereocenters. The van der Waals surface area contributed by atoms with Crippen molar-refractivity contribution < 1.29 is 14.7 Å². The third-order valence-electron chi connectivity index (χ3n) is 3.85. The van der Waals surface area contributed by atoms with Gasteiger partial charge < -0.3 is 10.0 Å². The Balaban J connectivity index is 1.97. The second-order valence-corrected chi connectivity index (χ2v) is 5.54. The van der Waals surface area contributed by atoms with Crippen molar-refractivity contribution >= 4 is 12.0 Å². The number of hydrazine groups is 1. The van der Waals surface area contributed by atoms with Gasteiger partial charge in [0, 0.05) is 32.6 Å². The van der Waals surface area contributed by atoms with E-state index in [4.69, 9.17) is 5.11 Å². The molecular formula is C12H21N3O3. The largest absolute Gasteiger partial charge is 0.481 e. The number of nitrogens with zero attached hydrogens (tertiary/aromatic N) is 2. The molecule has 6 nitrogen and oxygen atoms in total. The van der Waals surface area contributed by atoms with Gasteiger partial charge in [-0.15, -0.1) is 0 Å². The van der Waals surface area contributed by atoms with Gasteiger partial charge in [0.1, 0.15) is 0 Å². The first-order chi connectivity index (χ1) is 8.47. The maximum atomic E-state index is 12.1. The highest BCUT2D eigenvalue weighted by atomic mass is 16.4. The van der Waals surface area contributed by atoms with E-state index in [-0.39, 0.29) is 30.5 Å². The van der Waals surface area contributed by atoms with Gasteiger partial charge in [-0.05, 0) is 31.6 Å². The van der Waals surface area contributed by atoms with Crippen LogP contribution in [0, 0.1) is 5.92 Å². The zero-order valence-electron chi connectivity index (χ0n) is 10.9. The predicted octanol–water partition coefficient (Wildman–Crippen LogP) is 0.890. The minimum Gasteiger partial charge on any atom is -0.481 e. The van der Waals surface area contributed by atoms with E-state index in [1.165, 1.54) is 0 Å². The summed E-state index contributed by atoms with van der Waals surface area (Å²) in [6.45, 7) is 0. The molecule has 6 heteroatoms. The molecular weight excluding hydrogens is 234 g/mol. The summed E-state index contributed by atoms with van der Waals surface area (Å²) < 4.78 is 0. The monoisotopic (exact) mass is 255 g/mol. The molecule has 0 aliphatic carbocycles. The van der Waals surface area contributed by atoms with Crippen molar-refractivity contribution in [3.63, 3.8) is 0 Å². The van der Waals surface area contributed by atoms with E-state index in [2.05, 4.69) is 5.43 Å². The third kappa shape index (κ3) is 2.75. The van der Waals surface area contributed by atoms with E-state index in [9.17, 15) is 9.59 Å². The van der Waals surface area contributed by atoms with Crippen LogP contribution in [0.2, 0.25) is 0 Å². The molecule has 2 aliphatic rings. The molecule has 0 aromatic rings. The van der Waals surface area contributed by atoms with Crippen molar-refractivity contribution in [3.05, 3.63) is 0 Å². The lowest BCUT2D eigenvalue weighted by Crippen LogP contribution is -2.53. The van der Waals surface area contributed by atoms with Crippen molar-refractivity contribution in [3.8, 4) is 0 Å². The summed E-state index contributed by atoms with van der Waals surface area (Å²) >= 11 is 0. The van der Waals surface area contributed by atoms with Crippen LogP contribution in [-0.4, -0.2) is 53.2 Å². The van der Waals surface area contributed by atoms with E-state index in [0.29, 0.717) is 0 Å². The van der Waals surface area contributed by atoms with Gasteiger partial charge in [-0.2, -0.15) is 0 Å². The second-order valence-electron chi connectivity index (χ2n) is 5.54. The molecule has 2 bridgehead atoms. The zero-order valence-corrected chi connectivity index (χ0v) is 10.9. The summed E-state index contributed by atoms with van der Waals surface area (Å²) in [5, 5.41) is 10.5. The number of piperidine rings is 1. The summed E-state index contributed by atoms with van der Waals surface area (Å²) in [5.41, 5.74) is 2.77. The summed E-state index contributed by atoms with van der Waals surface area (Å²) in [7, 11) is 3.58. The van der Waals surface area contributed by atoms with Crippen LogP contribution in [0.5, 0.6) is 0 Å². The zero-order chi connectivity index (χ0) is 13.3. The molecule has 102 valence electrons. The van der Waals surface area contributed by atoms with Crippen molar-refractivity contribution in [2.24, 2.45) is 5.92 Å². The van der Waals surface area contributed by atoms with Crippen LogP contribution >= 0.6 is 0 Å². The molecule has 2 rings (SSSR count). The van der Waals surface area contributed by atoms with E-state index in [1.54, 1.807) is 19.1 Å². The normalized spacial score (nSPS) is 30.6. The number of carboxylic acid groups (broad SMARTS) is 1. The van der Waals surface area contributed by atoms with E-state index >= 15 is 0 Å². The molecule has 2 N–H and O–H groups in total. The highest BCUT2D eigenvalue weighted by molar-refractivity contribution is 5.75. The number of carboxylic acids is 1. The van der Waals surface area contributed by atoms with Crippen molar-refractivity contribution in [1.29, 1.82) is 0 Å². The Kier molecular flexibility index (Phi) is 3.75. The van der Waals surface area contributed by atoms with Crippen LogP contribution in [-0.2, 0) is 4.79 Å². The Morgan fingerprint density at radius 2 is 1.83 bits per heavy atom. The molecule has 0 radical (unpaired) electrons. The molecule has 2 saturated heterocycles. The van der Waals surface area contributed by atoms with Gasteiger partial charge in [0.05, 0.1) is 0 Å². The van der Waals surface area contributed by atoms with Crippen LogP contribution in [0.15, 0.2) is 0 Å². The number of aliphatic carboxylic acids is 1. The van der Waals surface area contributed by atoms with E-state index < -0.39 is 5.97 Å². The Hall–Kier alpha value is -1.30. The van der Waals surface area contributed by atoms with Gasteiger partial charge >= 0.3 is 12.0 Å². The molecule has 0 aromatic carbocycles. The molecule has 2 heterocycles. The maximum Gasteiger partial charge on any atom is 0.332 e. The van der Waals surface area contributed by atoms with Gasteiger partial charge in [-0.3, -0.25) is 10.2 Å². The number of fused-ring (bicyclic) bond motifs is 2. The summed E-state index contributed by atoms with van der Waals surface area (Å²) in [6.07, 6.45) is 3.88. The topological polar surface area (TPSA) is 72.9 Å². The molecule has 0 saturated carbocycles. The molecule has 2 unspecified atom stereocenters. The highest BCUT2D eigenvalue weighted by Crippen LogP contribution is 2.39. The number of carbonyl (C=O) groups is 2. The Morgan fingerprint density at radius 3 is 2.28 bits per heavy atom. The van der Waals surface area contributed by atoms with Crippen LogP contribution in [0.25, 0.3) is 0 Å². The quantitative estimate of drug-likeness (QED) is 0.735. The van der Waals surface area contributed by atoms with Gasteiger partial charge in [-0.25, -0.2) is 9.80 Å². The lowest BCUT2D eigenvalue weighted by molar-refractivity contribution is -0.138. The third-order valence-corrected chi connectivity index (χ3v) is 3.85. The first-order valence-electron chi connectivity index (χ1n) is 6.45. The SMILES string of the molecule is CN(C)NC(=O)N1C2CCC1CC(CC(=O)O)C2. The van der Waals surface area contributed by atoms with Crippen LogP contribution < -0.4 is 5.43 Å². The summed E-state index contributed by atoms with van der Waals surface area (Å²) in [6, 6.07) is 0.377. The second kappa shape index (κ2) is 5.14. The van der Waals surface area contributed by atoms with Crippen LogP contribution in [0.3, 0.4) is 0 Å². The Morgan fingerprint density at radius 1 is 1.28 bits per heavy atom. The number of urea groups is 1. The first-order valence-corrected chi connectivity index (χ1v) is 6.45. The highest BCUT2D eigenvalue weighted by Gasteiger charge is 2.43. The molecule has 2 amide bonds. The van der Waals surface area contributed by atoms with Crippen LogP contribution in [0.1, 0.15) is 32.1 Å². The number of carbonyl (C=O) groups excluding carboxylic acids is 1. The fraction of sp³-hybridized carbons (Fsp3) is 0.833. The van der Waals surface area contributed by atoms with E-state index in [1.807, 2.05) is 4.90 Å². The molecule has 0 aromatic heterocycles. The number of rotatable bonds is 3. The van der Waals surface area contributed by atoms with Gasteiger partial charge in [0.2, 0.25) is 0 Å². The molecule has 0 spiro atoms. The predicted molar refractivity (Wildman–Crippen MR) is 65.8 cm³/mol. The number of nitrogens with one attached hydrogen (secondary N) is 1. The average molecular weight is 255 g/mol. The average Bonchev–Trinajstić information content (AvgIpc) is 2.49. The van der Waals surface area contributed by atoms with Gasteiger partial charge in [0.15, 0.2) is 0 Å². The lowest BCUT2D eigenvalue weighted by atomic mass is 9.88. The van der Waals surface area contributed by atoms with Gasteiger partial charge in [0.25, 0.3) is 0 Å². The maximum absolute atomic E-state index is 12.1. The van der Waals surface area contributed by atoms with Crippen molar-refractivity contribution in [2.45, 2.75) is 44.2 Å². The minimum atomic E-state index is -0.731. The summed E-state index contributed by atoms with van der Waals surface area (Å²) in [4.78, 5) is 24.7. The summed E-state index contributed by atoms with van der Waals surface area (Å²) in [5.74, 6) is -0.506. The smallest absolute Gasteiger partial charge is 0.332 e. The first kappa shape index (κ1) is 13.1. The number of amides is 2. The van der Waals surface area contributed by atoms with Gasteiger partial charge in [-0.1, -0.05) is 0 Å². The van der Waals surface area contributed by atoms with Crippen LogP contribution in [0.4, 0.5) is 4.79 Å². The fourth-order valence-electron chi connectivity index (χ4n) is 3.28. The minimum absolute atomic E-state index is 0.0544. The van der Waals surface area contributed by atoms with Crippen molar-refractivity contribution in [1.82, 2.24) is 15.3 Å². The Bertz CT molecular complexity index is 331. The van der Waals surface area contributed by atoms with E-state index in [0.717, 1.165) is 25.7 Å². The fourth-order valence-corrected chi connectivity index (χ4v) is 3.28. The standard InChI is InChI=1S/C12H21N3O3/c1-14(2)13-12(18)15-9-3-4-10(15)6-8(5-9)7-11(16)17/h8-10H,3-7H2,1-2H3,(H,13,18)(H,16,17). The Labute approximate surface area is 107 Å². The molecule has 2 aliphatic heterocycles. The van der Waals surface area contributed by atoms with Crippen molar-refractivity contribution in [2.75, 3.05) is 14.1 Å². The number of hydrogen-bond acceptors (Lipinski definition) is 3. The molecule has 18 heavy (non-hydrogen) atoms. The lowest BCUT2D eigenvalue weighted by Gasteiger charge is -2.39. The number of hydrogen-bond donors (Lipinski definition) is 2.